The van der Waals surface area contributed by atoms with Crippen molar-refractivity contribution in [3.63, 3.8) is 0 Å². The first kappa shape index (κ1) is 16.5. The molecule has 0 aliphatic rings. The molecule has 0 spiro atoms. The zero-order valence-electron chi connectivity index (χ0n) is 11.4. The molecular formula is C15H14ClNO4S. The first-order chi connectivity index (χ1) is 10.4. The van der Waals surface area contributed by atoms with Crippen molar-refractivity contribution in [1.29, 1.82) is 0 Å². The molecule has 0 aliphatic heterocycles. The van der Waals surface area contributed by atoms with E-state index in [2.05, 4.69) is 4.72 Å². The number of rotatable bonds is 6. The third kappa shape index (κ3) is 4.30. The second kappa shape index (κ2) is 6.91. The van der Waals surface area contributed by atoms with E-state index in [1.54, 1.807) is 30.3 Å². The molecule has 0 saturated carbocycles. The summed E-state index contributed by atoms with van der Waals surface area (Å²) >= 11 is 5.74. The Labute approximate surface area is 133 Å². The van der Waals surface area contributed by atoms with E-state index in [0.717, 1.165) is 0 Å². The highest BCUT2D eigenvalue weighted by molar-refractivity contribution is 7.89. The van der Waals surface area contributed by atoms with Crippen LogP contribution in [0.25, 0.3) is 0 Å². The molecule has 2 rings (SSSR count). The average Bonchev–Trinajstić information content (AvgIpc) is 2.47. The van der Waals surface area contributed by atoms with Gasteiger partial charge in [0.1, 0.15) is 0 Å². The van der Waals surface area contributed by atoms with Gasteiger partial charge in [0.15, 0.2) is 0 Å². The second-order valence-corrected chi connectivity index (χ2v) is 6.79. The zero-order chi connectivity index (χ0) is 16.2. The zero-order valence-corrected chi connectivity index (χ0v) is 13.0. The maximum absolute atomic E-state index is 12.4. The van der Waals surface area contributed by atoms with Crippen molar-refractivity contribution in [1.82, 2.24) is 4.72 Å². The van der Waals surface area contributed by atoms with Crippen molar-refractivity contribution in [2.75, 3.05) is 0 Å². The summed E-state index contributed by atoms with van der Waals surface area (Å²) in [6.45, 7) is 0. The van der Waals surface area contributed by atoms with Crippen LogP contribution in [0.4, 0.5) is 0 Å². The highest BCUT2D eigenvalue weighted by Gasteiger charge is 2.23. The summed E-state index contributed by atoms with van der Waals surface area (Å²) in [6, 6.07) is 13.4. The standard InChI is InChI=1S/C15H14ClNO4S/c16-12-6-8-13(9-7-12)22(20,21)17-14(10-15(18)19)11-4-2-1-3-5-11/h1-9,14,17H,10H2,(H,18,19)/t14-/m0/s1. The molecule has 0 heterocycles. The van der Waals surface area contributed by atoms with Crippen molar-refractivity contribution < 1.29 is 18.3 Å². The lowest BCUT2D eigenvalue weighted by atomic mass is 10.1. The predicted molar refractivity (Wildman–Crippen MR) is 83.2 cm³/mol. The second-order valence-electron chi connectivity index (χ2n) is 4.64. The van der Waals surface area contributed by atoms with E-state index in [4.69, 9.17) is 16.7 Å². The van der Waals surface area contributed by atoms with Gasteiger partial charge >= 0.3 is 5.97 Å². The first-order valence-corrected chi connectivity index (χ1v) is 8.29. The third-order valence-electron chi connectivity index (χ3n) is 3.00. The van der Waals surface area contributed by atoms with Crippen molar-refractivity contribution >= 4 is 27.6 Å². The SMILES string of the molecule is O=C(O)C[C@H](NS(=O)(=O)c1ccc(Cl)cc1)c1ccccc1. The molecule has 2 aromatic carbocycles. The number of carbonyl (C=O) groups is 1. The van der Waals surface area contributed by atoms with E-state index in [1.807, 2.05) is 0 Å². The van der Waals surface area contributed by atoms with Crippen molar-refractivity contribution in [3.8, 4) is 0 Å². The van der Waals surface area contributed by atoms with Crippen LogP contribution in [0, 0.1) is 0 Å². The molecule has 0 aliphatic carbocycles. The molecule has 0 fully saturated rings. The quantitative estimate of drug-likeness (QED) is 0.847. The number of hydrogen-bond acceptors (Lipinski definition) is 3. The Morgan fingerprint density at radius 2 is 1.68 bits per heavy atom. The normalized spacial score (nSPS) is 12.8. The summed E-state index contributed by atoms with van der Waals surface area (Å²) in [5.74, 6) is -1.09. The van der Waals surface area contributed by atoms with Gasteiger partial charge in [0.25, 0.3) is 0 Å². The summed E-state index contributed by atoms with van der Waals surface area (Å²) in [6.07, 6.45) is -0.350. The summed E-state index contributed by atoms with van der Waals surface area (Å²) in [5.41, 5.74) is 0.586. The number of nitrogens with one attached hydrogen (secondary N) is 1. The minimum Gasteiger partial charge on any atom is -0.481 e. The van der Waals surface area contributed by atoms with E-state index in [1.165, 1.54) is 24.3 Å². The number of benzene rings is 2. The van der Waals surface area contributed by atoms with Crippen LogP contribution in [0.5, 0.6) is 0 Å². The first-order valence-electron chi connectivity index (χ1n) is 6.43. The lowest BCUT2D eigenvalue weighted by molar-refractivity contribution is -0.137. The molecule has 22 heavy (non-hydrogen) atoms. The minimum atomic E-state index is -3.84. The summed E-state index contributed by atoms with van der Waals surface area (Å²) in [4.78, 5) is 11.0. The molecule has 0 unspecified atom stereocenters. The molecule has 0 aromatic heterocycles. The Balaban J connectivity index is 2.30. The van der Waals surface area contributed by atoms with Gasteiger partial charge in [-0.25, -0.2) is 13.1 Å². The Morgan fingerprint density at radius 1 is 1.09 bits per heavy atom. The number of aliphatic carboxylic acids is 1. The summed E-state index contributed by atoms with van der Waals surface area (Å²) < 4.78 is 27.1. The molecule has 0 radical (unpaired) electrons. The molecular weight excluding hydrogens is 326 g/mol. The highest BCUT2D eigenvalue weighted by Crippen LogP contribution is 2.21. The lowest BCUT2D eigenvalue weighted by Gasteiger charge is -2.17. The van der Waals surface area contributed by atoms with Crippen LogP contribution in [-0.2, 0) is 14.8 Å². The van der Waals surface area contributed by atoms with Crippen molar-refractivity contribution in [2.45, 2.75) is 17.4 Å². The molecule has 2 aromatic rings. The van der Waals surface area contributed by atoms with Gasteiger partial charge in [0.05, 0.1) is 17.4 Å². The summed E-state index contributed by atoms with van der Waals surface area (Å²) in [5, 5.41) is 9.42. The van der Waals surface area contributed by atoms with Gasteiger partial charge in [-0.2, -0.15) is 0 Å². The molecule has 7 heteroatoms. The van der Waals surface area contributed by atoms with Gasteiger partial charge in [-0.3, -0.25) is 4.79 Å². The molecule has 116 valence electrons. The van der Waals surface area contributed by atoms with E-state index < -0.39 is 22.0 Å². The fourth-order valence-electron chi connectivity index (χ4n) is 1.96. The number of hydrogen-bond donors (Lipinski definition) is 2. The van der Waals surface area contributed by atoms with Crippen molar-refractivity contribution in [2.24, 2.45) is 0 Å². The molecule has 5 nitrogen and oxygen atoms in total. The van der Waals surface area contributed by atoms with E-state index in [9.17, 15) is 13.2 Å². The average molecular weight is 340 g/mol. The van der Waals surface area contributed by atoms with E-state index in [-0.39, 0.29) is 11.3 Å². The predicted octanol–water partition coefficient (Wildman–Crippen LogP) is 2.83. The van der Waals surface area contributed by atoms with Crippen LogP contribution in [0.1, 0.15) is 18.0 Å². The molecule has 1 atom stereocenters. The van der Waals surface area contributed by atoms with Crippen LogP contribution < -0.4 is 4.72 Å². The largest absolute Gasteiger partial charge is 0.481 e. The van der Waals surface area contributed by atoms with E-state index in [0.29, 0.717) is 10.6 Å². The Hall–Kier alpha value is -1.89. The van der Waals surface area contributed by atoms with Gasteiger partial charge in [0.2, 0.25) is 10.0 Å². The number of carboxylic acid groups (broad SMARTS) is 1. The van der Waals surface area contributed by atoms with Crippen LogP contribution in [0.2, 0.25) is 5.02 Å². The maximum atomic E-state index is 12.4. The molecule has 0 bridgehead atoms. The van der Waals surface area contributed by atoms with Crippen LogP contribution in [0.15, 0.2) is 59.5 Å². The Kier molecular flexibility index (Phi) is 5.18. The fraction of sp³-hybridized carbons (Fsp3) is 0.133. The molecule has 0 amide bonds. The van der Waals surface area contributed by atoms with Crippen LogP contribution >= 0.6 is 11.6 Å². The Bertz CT molecular complexity index is 745. The van der Waals surface area contributed by atoms with Crippen LogP contribution in [-0.4, -0.2) is 19.5 Å². The lowest BCUT2D eigenvalue weighted by Crippen LogP contribution is -2.30. The summed E-state index contributed by atoms with van der Waals surface area (Å²) in [7, 11) is -3.84. The smallest absolute Gasteiger partial charge is 0.305 e. The van der Waals surface area contributed by atoms with Gasteiger partial charge < -0.3 is 5.11 Å². The van der Waals surface area contributed by atoms with Crippen LogP contribution in [0.3, 0.4) is 0 Å². The van der Waals surface area contributed by atoms with Gasteiger partial charge in [0, 0.05) is 5.02 Å². The van der Waals surface area contributed by atoms with Gasteiger partial charge in [-0.1, -0.05) is 41.9 Å². The number of sulfonamides is 1. The fourth-order valence-corrected chi connectivity index (χ4v) is 3.31. The van der Waals surface area contributed by atoms with E-state index >= 15 is 0 Å². The number of carboxylic acids is 1. The highest BCUT2D eigenvalue weighted by atomic mass is 35.5. The van der Waals surface area contributed by atoms with Gasteiger partial charge in [-0.05, 0) is 29.8 Å². The minimum absolute atomic E-state index is 0.0308. The topological polar surface area (TPSA) is 83.5 Å². The monoisotopic (exact) mass is 339 g/mol. The maximum Gasteiger partial charge on any atom is 0.305 e. The third-order valence-corrected chi connectivity index (χ3v) is 4.74. The molecule has 2 N–H and O–H groups in total. The molecule has 0 saturated heterocycles. The van der Waals surface area contributed by atoms with Gasteiger partial charge in [-0.15, -0.1) is 0 Å². The van der Waals surface area contributed by atoms with Crippen molar-refractivity contribution in [3.05, 3.63) is 65.2 Å². The number of halogens is 1. The Morgan fingerprint density at radius 3 is 2.23 bits per heavy atom.